The summed E-state index contributed by atoms with van der Waals surface area (Å²) in [5, 5.41) is 19.6. The Hall–Kier alpha value is -0.770. The lowest BCUT2D eigenvalue weighted by Gasteiger charge is -2.26. The maximum Gasteiger partial charge on any atom is 0.0810 e. The average Bonchev–Trinajstić information content (AvgIpc) is 2.07. The van der Waals surface area contributed by atoms with Gasteiger partial charge in [0.15, 0.2) is 0 Å². The molecule has 0 saturated carbocycles. The summed E-state index contributed by atoms with van der Waals surface area (Å²) in [7, 11) is 0. The van der Waals surface area contributed by atoms with E-state index in [1.54, 1.807) is 0 Å². The summed E-state index contributed by atoms with van der Waals surface area (Å²) in [6.45, 7) is 1.99. The van der Waals surface area contributed by atoms with Crippen LogP contribution in [0.2, 0.25) is 0 Å². The van der Waals surface area contributed by atoms with Gasteiger partial charge in [0.25, 0.3) is 0 Å². The first-order valence-electron chi connectivity index (χ1n) is 3.93. The van der Waals surface area contributed by atoms with Crippen LogP contribution in [0.5, 0.6) is 0 Å². The molecule has 2 N–H and O–H groups in total. The van der Waals surface area contributed by atoms with Crippen molar-refractivity contribution in [1.29, 1.82) is 10.5 Å². The van der Waals surface area contributed by atoms with Gasteiger partial charge in [0.2, 0.25) is 0 Å². The Balaban J connectivity index is 0.00000121. The minimum atomic E-state index is -0.316. The van der Waals surface area contributed by atoms with Crippen molar-refractivity contribution in [3.63, 3.8) is 0 Å². The molecular weight excluding hydrogens is 174 g/mol. The minimum Gasteiger partial charge on any atom is -1.00 e. The first-order chi connectivity index (χ1) is 5.33. The third-order valence-corrected chi connectivity index (χ3v) is 2.31. The highest BCUT2D eigenvalue weighted by Crippen LogP contribution is 2.29. The van der Waals surface area contributed by atoms with Gasteiger partial charge in [-0.15, -0.1) is 0 Å². The van der Waals surface area contributed by atoms with E-state index in [9.17, 15) is 0 Å². The van der Waals surface area contributed by atoms with Crippen LogP contribution in [0.1, 0.15) is 19.3 Å². The molecule has 1 rings (SSSR count). The lowest BCUT2D eigenvalue weighted by molar-refractivity contribution is -0.666. The Kier molecular flexibility index (Phi) is 4.66. The first kappa shape index (κ1) is 11.2. The second-order valence-electron chi connectivity index (χ2n) is 3.09. The molecule has 1 fully saturated rings. The monoisotopic (exact) mass is 185 g/mol. The van der Waals surface area contributed by atoms with E-state index in [2.05, 4.69) is 17.5 Å². The molecule has 66 valence electrons. The van der Waals surface area contributed by atoms with E-state index in [1.165, 1.54) is 0 Å². The van der Waals surface area contributed by atoms with Crippen molar-refractivity contribution in [2.45, 2.75) is 19.3 Å². The Morgan fingerprint density at radius 2 is 1.83 bits per heavy atom. The molecule has 1 heterocycles. The van der Waals surface area contributed by atoms with Gasteiger partial charge in [-0.1, -0.05) is 0 Å². The highest BCUT2D eigenvalue weighted by atomic mass is 35.5. The van der Waals surface area contributed by atoms with E-state index in [1.807, 2.05) is 0 Å². The number of halogens is 1. The zero-order valence-electron chi connectivity index (χ0n) is 6.89. The molecule has 0 aromatic rings. The maximum atomic E-state index is 8.86. The number of piperidine rings is 1. The lowest BCUT2D eigenvalue weighted by atomic mass is 9.78. The fourth-order valence-corrected chi connectivity index (χ4v) is 1.51. The van der Waals surface area contributed by atoms with Crippen LogP contribution in [0.4, 0.5) is 0 Å². The summed E-state index contributed by atoms with van der Waals surface area (Å²) in [5.41, 5.74) is -0.316. The Bertz CT molecular complexity index is 207. The molecule has 4 heteroatoms. The van der Waals surface area contributed by atoms with Crippen molar-refractivity contribution in [2.24, 2.45) is 5.41 Å². The zero-order chi connectivity index (χ0) is 8.16. The highest BCUT2D eigenvalue weighted by Gasteiger charge is 2.33. The number of hydrogen-bond donors (Lipinski definition) is 1. The lowest BCUT2D eigenvalue weighted by Crippen LogP contribution is -3.00. The fourth-order valence-electron chi connectivity index (χ4n) is 1.51. The molecule has 0 amide bonds. The number of nitriles is 2. The second kappa shape index (κ2) is 4.98. The van der Waals surface area contributed by atoms with Crippen LogP contribution in [0, 0.1) is 28.1 Å². The van der Waals surface area contributed by atoms with Crippen LogP contribution in [0.3, 0.4) is 0 Å². The van der Waals surface area contributed by atoms with E-state index in [-0.39, 0.29) is 17.8 Å². The van der Waals surface area contributed by atoms with Crippen molar-refractivity contribution in [1.82, 2.24) is 0 Å². The van der Waals surface area contributed by atoms with Crippen LogP contribution in [0.25, 0.3) is 0 Å². The number of hydrogen-bond acceptors (Lipinski definition) is 2. The molecule has 0 spiro atoms. The van der Waals surface area contributed by atoms with Gasteiger partial charge in [-0.25, -0.2) is 0 Å². The molecule has 1 aliphatic rings. The van der Waals surface area contributed by atoms with Crippen LogP contribution >= 0.6 is 0 Å². The minimum absolute atomic E-state index is 0. The SMILES string of the molecule is N#CCC1(C#N)CC[NH2+]CC1.[Cl-]. The van der Waals surface area contributed by atoms with E-state index in [0.717, 1.165) is 25.9 Å². The third-order valence-electron chi connectivity index (χ3n) is 2.31. The summed E-state index contributed by atoms with van der Waals surface area (Å²) < 4.78 is 0. The Morgan fingerprint density at radius 3 is 2.25 bits per heavy atom. The predicted molar refractivity (Wildman–Crippen MR) is 39.2 cm³/mol. The van der Waals surface area contributed by atoms with E-state index in [0.29, 0.717) is 6.42 Å². The number of nitrogens with two attached hydrogens (primary N) is 1. The Morgan fingerprint density at radius 1 is 1.25 bits per heavy atom. The molecule has 0 unspecified atom stereocenters. The molecule has 0 aromatic heterocycles. The van der Waals surface area contributed by atoms with E-state index < -0.39 is 0 Å². The molecule has 0 radical (unpaired) electrons. The summed E-state index contributed by atoms with van der Waals surface area (Å²) in [6.07, 6.45) is 2.14. The molecule has 12 heavy (non-hydrogen) atoms. The van der Waals surface area contributed by atoms with Crippen LogP contribution in [0.15, 0.2) is 0 Å². The fraction of sp³-hybridized carbons (Fsp3) is 0.750. The standard InChI is InChI=1S/C8H11N3.ClH/c9-4-1-8(7-10)2-5-11-6-3-8;/h11H,1-3,5-6H2;1H. The molecule has 0 bridgehead atoms. The van der Waals surface area contributed by atoms with E-state index in [4.69, 9.17) is 10.5 Å². The smallest absolute Gasteiger partial charge is 0.0810 e. The molecule has 1 saturated heterocycles. The first-order valence-corrected chi connectivity index (χ1v) is 3.93. The molecule has 0 aromatic carbocycles. The van der Waals surface area contributed by atoms with Gasteiger partial charge >= 0.3 is 0 Å². The largest absolute Gasteiger partial charge is 1.00 e. The van der Waals surface area contributed by atoms with Crippen LogP contribution in [-0.2, 0) is 0 Å². The molecule has 3 nitrogen and oxygen atoms in total. The number of nitrogens with zero attached hydrogens (tertiary/aromatic N) is 2. The highest BCUT2D eigenvalue weighted by molar-refractivity contribution is 5.04. The number of quaternary nitrogens is 1. The summed E-state index contributed by atoms with van der Waals surface area (Å²) in [6, 6.07) is 4.37. The van der Waals surface area contributed by atoms with Crippen molar-refractivity contribution < 1.29 is 17.7 Å². The predicted octanol–water partition coefficient (Wildman–Crippen LogP) is -3.23. The van der Waals surface area contributed by atoms with Crippen molar-refractivity contribution in [3.8, 4) is 12.1 Å². The van der Waals surface area contributed by atoms with Crippen molar-refractivity contribution >= 4 is 0 Å². The van der Waals surface area contributed by atoms with Crippen LogP contribution < -0.4 is 17.7 Å². The van der Waals surface area contributed by atoms with Gasteiger partial charge in [0, 0.05) is 12.8 Å². The quantitative estimate of drug-likeness (QED) is 0.467. The topological polar surface area (TPSA) is 64.2 Å². The summed E-state index contributed by atoms with van der Waals surface area (Å²) in [5.74, 6) is 0. The molecule has 0 atom stereocenters. The van der Waals surface area contributed by atoms with Crippen molar-refractivity contribution in [2.75, 3.05) is 13.1 Å². The zero-order valence-corrected chi connectivity index (χ0v) is 7.64. The van der Waals surface area contributed by atoms with E-state index >= 15 is 0 Å². The van der Waals surface area contributed by atoms with Gasteiger partial charge in [-0.3, -0.25) is 0 Å². The maximum absolute atomic E-state index is 8.86. The molecular formula is C8H12ClN3. The van der Waals surface area contributed by atoms with Gasteiger partial charge in [0.05, 0.1) is 37.1 Å². The second-order valence-corrected chi connectivity index (χ2v) is 3.09. The third kappa shape index (κ3) is 2.37. The average molecular weight is 186 g/mol. The van der Waals surface area contributed by atoms with Gasteiger partial charge in [-0.05, 0) is 0 Å². The Labute approximate surface area is 78.8 Å². The summed E-state index contributed by atoms with van der Waals surface area (Å²) in [4.78, 5) is 0. The van der Waals surface area contributed by atoms with Gasteiger partial charge in [-0.2, -0.15) is 10.5 Å². The number of rotatable bonds is 1. The summed E-state index contributed by atoms with van der Waals surface area (Å²) >= 11 is 0. The van der Waals surface area contributed by atoms with Gasteiger partial charge in [0.1, 0.15) is 0 Å². The molecule has 1 aliphatic heterocycles. The van der Waals surface area contributed by atoms with Crippen molar-refractivity contribution in [3.05, 3.63) is 0 Å². The van der Waals surface area contributed by atoms with Crippen LogP contribution in [-0.4, -0.2) is 13.1 Å². The van der Waals surface area contributed by atoms with Gasteiger partial charge < -0.3 is 17.7 Å². The normalized spacial score (nSPS) is 19.8. The molecule has 0 aliphatic carbocycles.